The van der Waals surface area contributed by atoms with E-state index in [4.69, 9.17) is 10.5 Å². The van der Waals surface area contributed by atoms with Crippen LogP contribution in [0.3, 0.4) is 0 Å². The lowest BCUT2D eigenvalue weighted by Crippen LogP contribution is -2.22. The van der Waals surface area contributed by atoms with Crippen LogP contribution in [-0.4, -0.2) is 27.5 Å². The molecule has 0 saturated carbocycles. The normalized spacial score (nSPS) is 18.6. The molecule has 1 aromatic carbocycles. The van der Waals surface area contributed by atoms with Crippen LogP contribution in [-0.2, 0) is 17.0 Å². The third kappa shape index (κ3) is 4.84. The number of ether oxygens (including phenoxy) is 1. The molecule has 136 valence electrons. The van der Waals surface area contributed by atoms with Crippen LogP contribution in [0.15, 0.2) is 29.4 Å². The molecule has 2 N–H and O–H groups in total. The quantitative estimate of drug-likeness (QED) is 0.724. The monoisotopic (exact) mass is 360 g/mol. The van der Waals surface area contributed by atoms with Gasteiger partial charge in [0, 0.05) is 12.4 Å². The molecule has 0 amide bonds. The number of nitrogens with zero attached hydrogens (tertiary/aromatic N) is 3. The van der Waals surface area contributed by atoms with E-state index in [1.54, 1.807) is 11.8 Å². The molecule has 2 atom stereocenters. The molecule has 2 heterocycles. The van der Waals surface area contributed by atoms with Crippen LogP contribution in [0.5, 0.6) is 0 Å². The number of rotatable bonds is 8. The highest BCUT2D eigenvalue weighted by molar-refractivity contribution is 7.98. The first-order valence-electron chi connectivity index (χ1n) is 9.16. The van der Waals surface area contributed by atoms with Crippen molar-refractivity contribution in [2.24, 2.45) is 5.73 Å². The molecule has 1 aliphatic rings. The van der Waals surface area contributed by atoms with Gasteiger partial charge in [0.15, 0.2) is 11.0 Å². The van der Waals surface area contributed by atoms with Crippen molar-refractivity contribution in [2.45, 2.75) is 69.1 Å². The van der Waals surface area contributed by atoms with E-state index >= 15 is 0 Å². The van der Waals surface area contributed by atoms with E-state index in [-0.39, 0.29) is 12.1 Å². The number of aryl methyl sites for hydroxylation is 1. The molecular formula is C19H28N4OS. The Kier molecular flexibility index (Phi) is 6.51. The van der Waals surface area contributed by atoms with Gasteiger partial charge in [0.05, 0.1) is 18.7 Å². The average molecular weight is 361 g/mol. The van der Waals surface area contributed by atoms with Crippen molar-refractivity contribution in [1.82, 2.24) is 14.8 Å². The van der Waals surface area contributed by atoms with E-state index in [1.165, 1.54) is 11.1 Å². The summed E-state index contributed by atoms with van der Waals surface area (Å²) in [5.41, 5.74) is 8.92. The Morgan fingerprint density at radius 3 is 2.80 bits per heavy atom. The van der Waals surface area contributed by atoms with Gasteiger partial charge in [0.1, 0.15) is 0 Å². The van der Waals surface area contributed by atoms with Gasteiger partial charge in [-0.2, -0.15) is 0 Å². The van der Waals surface area contributed by atoms with Gasteiger partial charge in [-0.05, 0) is 31.7 Å². The molecule has 1 fully saturated rings. The number of benzene rings is 1. The number of nitrogens with two attached hydrogens (primary N) is 1. The molecule has 2 aromatic rings. The Bertz CT molecular complexity index is 665. The summed E-state index contributed by atoms with van der Waals surface area (Å²) in [6.07, 6.45) is 4.45. The lowest BCUT2D eigenvalue weighted by Gasteiger charge is -2.17. The first-order chi connectivity index (χ1) is 12.2. The maximum Gasteiger partial charge on any atom is 0.191 e. The van der Waals surface area contributed by atoms with Crippen molar-refractivity contribution >= 4 is 11.8 Å². The van der Waals surface area contributed by atoms with Gasteiger partial charge in [-0.25, -0.2) is 0 Å². The first kappa shape index (κ1) is 18.4. The summed E-state index contributed by atoms with van der Waals surface area (Å²) in [4.78, 5) is 0. The average Bonchev–Trinajstić information content (AvgIpc) is 3.25. The van der Waals surface area contributed by atoms with Crippen molar-refractivity contribution in [2.75, 3.05) is 6.61 Å². The minimum atomic E-state index is -0.0624. The van der Waals surface area contributed by atoms with Crippen LogP contribution in [0, 0.1) is 6.92 Å². The molecular weight excluding hydrogens is 332 g/mol. The third-order valence-electron chi connectivity index (χ3n) is 4.58. The summed E-state index contributed by atoms with van der Waals surface area (Å²) in [5.74, 6) is 1.77. The summed E-state index contributed by atoms with van der Waals surface area (Å²) < 4.78 is 8.02. The van der Waals surface area contributed by atoms with Gasteiger partial charge in [-0.15, -0.1) is 10.2 Å². The molecule has 3 rings (SSSR count). The van der Waals surface area contributed by atoms with Crippen molar-refractivity contribution in [3.05, 3.63) is 41.2 Å². The van der Waals surface area contributed by atoms with E-state index in [9.17, 15) is 0 Å². The SMILES string of the molecule is CCCC(N)c1nnc(SCc2ccc(C)cc2)n1CC1CCCO1. The standard InChI is InChI=1S/C19H28N4OS/c1-3-5-17(20)18-21-22-19(23(18)12-16-6-4-11-24-16)25-13-15-9-7-14(2)8-10-15/h7-10,16-17H,3-6,11-13,20H2,1-2H3. The zero-order chi connectivity index (χ0) is 17.6. The van der Waals surface area contributed by atoms with Gasteiger partial charge >= 0.3 is 0 Å². The Labute approximate surface area is 154 Å². The van der Waals surface area contributed by atoms with E-state index in [0.717, 1.165) is 55.6 Å². The fraction of sp³-hybridized carbons (Fsp3) is 0.579. The second-order valence-corrected chi connectivity index (χ2v) is 7.70. The maximum absolute atomic E-state index is 6.34. The number of hydrogen-bond acceptors (Lipinski definition) is 5. The summed E-state index contributed by atoms with van der Waals surface area (Å²) in [5, 5.41) is 9.79. The molecule has 1 aromatic heterocycles. The summed E-state index contributed by atoms with van der Waals surface area (Å²) in [6, 6.07) is 8.58. The topological polar surface area (TPSA) is 66.0 Å². The smallest absolute Gasteiger partial charge is 0.191 e. The molecule has 1 aliphatic heterocycles. The number of aromatic nitrogens is 3. The Morgan fingerprint density at radius 1 is 1.32 bits per heavy atom. The van der Waals surface area contributed by atoms with Crippen LogP contribution in [0.2, 0.25) is 0 Å². The van der Waals surface area contributed by atoms with Crippen molar-refractivity contribution in [1.29, 1.82) is 0 Å². The minimum Gasteiger partial charge on any atom is -0.376 e. The van der Waals surface area contributed by atoms with Crippen LogP contribution in [0.1, 0.15) is 55.6 Å². The Balaban J connectivity index is 1.75. The fourth-order valence-corrected chi connectivity index (χ4v) is 4.03. The van der Waals surface area contributed by atoms with E-state index in [2.05, 4.69) is 52.9 Å². The molecule has 1 saturated heterocycles. The highest BCUT2D eigenvalue weighted by Gasteiger charge is 2.23. The predicted molar refractivity (Wildman–Crippen MR) is 102 cm³/mol. The second-order valence-electron chi connectivity index (χ2n) is 6.76. The van der Waals surface area contributed by atoms with E-state index in [1.807, 2.05) is 0 Å². The third-order valence-corrected chi connectivity index (χ3v) is 5.61. The first-order valence-corrected chi connectivity index (χ1v) is 10.1. The second kappa shape index (κ2) is 8.83. The molecule has 5 nitrogen and oxygen atoms in total. The van der Waals surface area contributed by atoms with Crippen LogP contribution in [0.4, 0.5) is 0 Å². The molecule has 6 heteroatoms. The van der Waals surface area contributed by atoms with Crippen molar-refractivity contribution in [3.8, 4) is 0 Å². The van der Waals surface area contributed by atoms with Crippen molar-refractivity contribution in [3.63, 3.8) is 0 Å². The van der Waals surface area contributed by atoms with Gasteiger partial charge in [-0.1, -0.05) is 54.9 Å². The summed E-state index contributed by atoms with van der Waals surface area (Å²) in [7, 11) is 0. The highest BCUT2D eigenvalue weighted by Crippen LogP contribution is 2.27. The van der Waals surface area contributed by atoms with E-state index < -0.39 is 0 Å². The number of thioether (sulfide) groups is 1. The molecule has 0 bridgehead atoms. The minimum absolute atomic E-state index is 0.0624. The lowest BCUT2D eigenvalue weighted by atomic mass is 10.1. The van der Waals surface area contributed by atoms with Gasteiger partial charge in [-0.3, -0.25) is 0 Å². The Morgan fingerprint density at radius 2 is 2.12 bits per heavy atom. The van der Waals surface area contributed by atoms with Crippen LogP contribution in [0.25, 0.3) is 0 Å². The largest absolute Gasteiger partial charge is 0.376 e. The zero-order valence-electron chi connectivity index (χ0n) is 15.1. The predicted octanol–water partition coefficient (Wildman–Crippen LogP) is 3.86. The van der Waals surface area contributed by atoms with Crippen LogP contribution >= 0.6 is 11.8 Å². The van der Waals surface area contributed by atoms with E-state index in [0.29, 0.717) is 0 Å². The maximum atomic E-state index is 6.34. The lowest BCUT2D eigenvalue weighted by molar-refractivity contribution is 0.0938. The fourth-order valence-electron chi connectivity index (χ4n) is 3.12. The zero-order valence-corrected chi connectivity index (χ0v) is 16.0. The molecule has 0 radical (unpaired) electrons. The van der Waals surface area contributed by atoms with Crippen molar-refractivity contribution < 1.29 is 4.74 Å². The van der Waals surface area contributed by atoms with Gasteiger partial charge < -0.3 is 15.0 Å². The highest BCUT2D eigenvalue weighted by atomic mass is 32.2. The summed E-state index contributed by atoms with van der Waals surface area (Å²) in [6.45, 7) is 5.91. The van der Waals surface area contributed by atoms with Crippen LogP contribution < -0.4 is 5.73 Å². The molecule has 25 heavy (non-hydrogen) atoms. The van der Waals surface area contributed by atoms with Gasteiger partial charge in [0.2, 0.25) is 0 Å². The number of hydrogen-bond donors (Lipinski definition) is 1. The van der Waals surface area contributed by atoms with Gasteiger partial charge in [0.25, 0.3) is 0 Å². The molecule has 2 unspecified atom stereocenters. The Hall–Kier alpha value is -1.37. The summed E-state index contributed by atoms with van der Waals surface area (Å²) >= 11 is 1.72. The molecule has 0 spiro atoms. The molecule has 0 aliphatic carbocycles.